The van der Waals surface area contributed by atoms with Gasteiger partial charge in [-0.1, -0.05) is 59.0 Å². The lowest BCUT2D eigenvalue weighted by molar-refractivity contribution is -0.137. The number of fused-ring (bicyclic) bond motifs is 2. The highest BCUT2D eigenvalue weighted by atomic mass is 16.5. The van der Waals surface area contributed by atoms with E-state index in [0.29, 0.717) is 24.6 Å². The first kappa shape index (κ1) is 35.0. The molecule has 0 amide bonds. The predicted octanol–water partition coefficient (Wildman–Crippen LogP) is 6.12. The van der Waals surface area contributed by atoms with Crippen LogP contribution in [0.1, 0.15) is 25.0 Å². The van der Waals surface area contributed by atoms with E-state index >= 15 is 0 Å². The predicted molar refractivity (Wildman–Crippen MR) is 198 cm³/mol. The normalized spacial score (nSPS) is 11.6. The van der Waals surface area contributed by atoms with Crippen molar-refractivity contribution < 1.29 is 19.1 Å². The quantitative estimate of drug-likeness (QED) is 0.124. The Morgan fingerprint density at radius 3 is 1.28 bits per heavy atom. The summed E-state index contributed by atoms with van der Waals surface area (Å²) in [5.41, 5.74) is 7.55. The summed E-state index contributed by atoms with van der Waals surface area (Å²) in [6.07, 6.45) is 3.52. The molecule has 0 saturated carbocycles. The standard InChI is InChI=1S/2C19H20N4O2/c2*1-4-25-19(24)18(13-14-9-11-15(12-10-14)22(2)3)23-17-8-6-5-7-16(17)20-21-23/h2*5-13H,4H2,1-3H3/b2*18-13-. The summed E-state index contributed by atoms with van der Waals surface area (Å²) in [5, 5.41) is 16.5. The second-order valence-corrected chi connectivity index (χ2v) is 11.5. The van der Waals surface area contributed by atoms with Gasteiger partial charge in [-0.2, -0.15) is 0 Å². The third kappa shape index (κ3) is 8.21. The summed E-state index contributed by atoms with van der Waals surface area (Å²) in [4.78, 5) is 29.0. The molecule has 0 spiro atoms. The van der Waals surface area contributed by atoms with Crippen LogP contribution in [-0.2, 0) is 19.1 Å². The molecule has 0 unspecified atom stereocenters. The highest BCUT2D eigenvalue weighted by Gasteiger charge is 2.19. The van der Waals surface area contributed by atoms with Crippen LogP contribution in [0.2, 0.25) is 0 Å². The Morgan fingerprint density at radius 1 is 0.580 bits per heavy atom. The highest BCUT2D eigenvalue weighted by molar-refractivity contribution is 6.17. The van der Waals surface area contributed by atoms with Crippen molar-refractivity contribution in [2.45, 2.75) is 13.8 Å². The second-order valence-electron chi connectivity index (χ2n) is 11.5. The van der Waals surface area contributed by atoms with Gasteiger partial charge in [0.25, 0.3) is 0 Å². The van der Waals surface area contributed by atoms with Gasteiger partial charge in [-0.15, -0.1) is 10.2 Å². The van der Waals surface area contributed by atoms with Crippen molar-refractivity contribution in [1.29, 1.82) is 0 Å². The number of hydrogen-bond acceptors (Lipinski definition) is 10. The van der Waals surface area contributed by atoms with Gasteiger partial charge < -0.3 is 19.3 Å². The third-order valence-electron chi connectivity index (χ3n) is 7.55. The Bertz CT molecular complexity index is 1970. The Labute approximate surface area is 290 Å². The number of carbonyl (C=O) groups is 2. The van der Waals surface area contributed by atoms with Gasteiger partial charge >= 0.3 is 11.9 Å². The number of para-hydroxylation sites is 2. The van der Waals surface area contributed by atoms with Crippen molar-refractivity contribution in [2.24, 2.45) is 0 Å². The zero-order valence-corrected chi connectivity index (χ0v) is 29.0. The number of benzene rings is 4. The van der Waals surface area contributed by atoms with Gasteiger partial charge in [-0.25, -0.2) is 19.0 Å². The summed E-state index contributed by atoms with van der Waals surface area (Å²) in [5.74, 6) is -0.871. The minimum absolute atomic E-state index is 0.294. The first-order valence-corrected chi connectivity index (χ1v) is 16.1. The number of nitrogens with zero attached hydrogens (tertiary/aromatic N) is 8. The fourth-order valence-corrected chi connectivity index (χ4v) is 4.97. The number of rotatable bonds is 10. The van der Waals surface area contributed by atoms with Gasteiger partial charge in [0.05, 0.1) is 24.2 Å². The number of ether oxygens (including phenoxy) is 2. The van der Waals surface area contributed by atoms with E-state index in [4.69, 9.17) is 9.47 Å². The molecule has 0 saturated heterocycles. The fourth-order valence-electron chi connectivity index (χ4n) is 4.97. The molecular weight excluding hydrogens is 632 g/mol. The Balaban J connectivity index is 0.000000194. The summed E-state index contributed by atoms with van der Waals surface area (Å²) in [7, 11) is 7.93. The molecule has 0 bridgehead atoms. The Kier molecular flexibility index (Phi) is 11.3. The molecule has 12 heteroatoms. The van der Waals surface area contributed by atoms with Crippen LogP contribution in [0.15, 0.2) is 97.1 Å². The van der Waals surface area contributed by atoms with Gasteiger partial charge in [0.1, 0.15) is 11.0 Å². The van der Waals surface area contributed by atoms with Crippen LogP contribution >= 0.6 is 0 Å². The van der Waals surface area contributed by atoms with Crippen LogP contribution in [-0.4, -0.2) is 83.3 Å². The van der Waals surface area contributed by atoms with Gasteiger partial charge in [0.15, 0.2) is 11.4 Å². The van der Waals surface area contributed by atoms with Gasteiger partial charge in [-0.3, -0.25) is 0 Å². The fraction of sp³-hybridized carbons (Fsp3) is 0.211. The lowest BCUT2D eigenvalue weighted by Gasteiger charge is -2.12. The zero-order chi connectivity index (χ0) is 35.6. The van der Waals surface area contributed by atoms with Crippen molar-refractivity contribution in [3.63, 3.8) is 0 Å². The van der Waals surface area contributed by atoms with Crippen LogP contribution in [0, 0.1) is 0 Å². The molecule has 0 aliphatic carbocycles. The first-order valence-electron chi connectivity index (χ1n) is 16.1. The van der Waals surface area contributed by atoms with Crippen molar-refractivity contribution in [2.75, 3.05) is 51.2 Å². The van der Waals surface area contributed by atoms with Crippen LogP contribution in [0.3, 0.4) is 0 Å². The number of carbonyl (C=O) groups excluding carboxylic acids is 2. The first-order chi connectivity index (χ1) is 24.2. The molecule has 12 nitrogen and oxygen atoms in total. The second kappa shape index (κ2) is 16.2. The minimum Gasteiger partial charge on any atom is -0.461 e. The molecule has 256 valence electrons. The highest BCUT2D eigenvalue weighted by Crippen LogP contribution is 2.22. The van der Waals surface area contributed by atoms with E-state index in [2.05, 4.69) is 20.6 Å². The zero-order valence-electron chi connectivity index (χ0n) is 29.0. The van der Waals surface area contributed by atoms with E-state index in [-0.39, 0.29) is 0 Å². The molecule has 2 heterocycles. The Morgan fingerprint density at radius 2 is 0.940 bits per heavy atom. The van der Waals surface area contributed by atoms with Gasteiger partial charge in [0, 0.05) is 39.6 Å². The van der Waals surface area contributed by atoms with E-state index in [0.717, 1.165) is 44.6 Å². The van der Waals surface area contributed by atoms with Crippen LogP contribution < -0.4 is 9.80 Å². The summed E-state index contributed by atoms with van der Waals surface area (Å²) >= 11 is 0. The van der Waals surface area contributed by atoms with Crippen LogP contribution in [0.5, 0.6) is 0 Å². The third-order valence-corrected chi connectivity index (χ3v) is 7.55. The van der Waals surface area contributed by atoms with Gasteiger partial charge in [0.2, 0.25) is 0 Å². The van der Waals surface area contributed by atoms with E-state index in [1.807, 2.05) is 135 Å². The maximum atomic E-state index is 12.5. The van der Waals surface area contributed by atoms with Crippen LogP contribution in [0.25, 0.3) is 45.6 Å². The average Bonchev–Trinajstić information content (AvgIpc) is 3.75. The topological polar surface area (TPSA) is 120 Å². The average molecular weight is 673 g/mol. The Hall–Kier alpha value is -6.30. The van der Waals surface area contributed by atoms with E-state index in [1.165, 1.54) is 9.36 Å². The van der Waals surface area contributed by atoms with Crippen molar-refractivity contribution >= 4 is 68.9 Å². The van der Waals surface area contributed by atoms with Crippen molar-refractivity contribution in [3.05, 3.63) is 108 Å². The van der Waals surface area contributed by atoms with E-state index < -0.39 is 11.9 Å². The number of anilines is 2. The largest absolute Gasteiger partial charge is 0.461 e. The molecule has 4 aromatic carbocycles. The maximum absolute atomic E-state index is 12.5. The van der Waals surface area contributed by atoms with E-state index in [9.17, 15) is 9.59 Å². The van der Waals surface area contributed by atoms with Crippen LogP contribution in [0.4, 0.5) is 11.4 Å². The summed E-state index contributed by atoms with van der Waals surface area (Å²) in [6, 6.07) is 30.8. The summed E-state index contributed by atoms with van der Waals surface area (Å²) < 4.78 is 13.5. The smallest absolute Gasteiger partial charge is 0.357 e. The number of hydrogen-bond donors (Lipinski definition) is 0. The molecule has 6 aromatic rings. The molecule has 2 aromatic heterocycles. The molecule has 0 aliphatic rings. The van der Waals surface area contributed by atoms with Gasteiger partial charge in [-0.05, 0) is 85.7 Å². The molecule has 6 rings (SSSR count). The summed E-state index contributed by atoms with van der Waals surface area (Å²) in [6.45, 7) is 4.15. The molecule has 0 aliphatic heterocycles. The van der Waals surface area contributed by atoms with E-state index in [1.54, 1.807) is 26.0 Å². The molecular formula is C38H40N8O4. The lowest BCUT2D eigenvalue weighted by atomic mass is 10.1. The number of esters is 2. The van der Waals surface area contributed by atoms with Crippen molar-refractivity contribution in [3.8, 4) is 0 Å². The molecule has 0 fully saturated rings. The maximum Gasteiger partial charge on any atom is 0.357 e. The lowest BCUT2D eigenvalue weighted by Crippen LogP contribution is -2.13. The molecule has 0 radical (unpaired) electrons. The SMILES string of the molecule is CCOC(=O)/C(=C/c1ccc(N(C)C)cc1)n1nnc2ccccc21.CCOC(=O)/C(=C/c1ccc(N(C)C)cc1)n1nnc2ccccc21. The molecule has 0 N–H and O–H groups in total. The van der Waals surface area contributed by atoms with Crippen molar-refractivity contribution in [1.82, 2.24) is 30.0 Å². The minimum atomic E-state index is -0.435. The molecule has 0 atom stereocenters. The molecule has 50 heavy (non-hydrogen) atoms. The number of aromatic nitrogens is 6. The monoisotopic (exact) mass is 672 g/mol.